The Balaban J connectivity index is 0.990. The van der Waals surface area contributed by atoms with Gasteiger partial charge in [-0.05, 0) is 86.8 Å². The van der Waals surface area contributed by atoms with Crippen molar-refractivity contribution in [3.63, 3.8) is 0 Å². The number of nitrogens with zero attached hydrogens (tertiary/aromatic N) is 4. The summed E-state index contributed by atoms with van der Waals surface area (Å²) in [7, 11) is 0. The van der Waals surface area contributed by atoms with Gasteiger partial charge in [-0.15, -0.1) is 0 Å². The van der Waals surface area contributed by atoms with Crippen LogP contribution in [0.5, 0.6) is 5.75 Å². The normalized spacial score (nSPS) is 26.9. The van der Waals surface area contributed by atoms with E-state index in [1.54, 1.807) is 0 Å². The molecule has 4 heterocycles. The first-order valence-electron chi connectivity index (χ1n) is 13.5. The van der Waals surface area contributed by atoms with E-state index >= 15 is 0 Å². The Morgan fingerprint density at radius 3 is 2.51 bits per heavy atom. The van der Waals surface area contributed by atoms with Gasteiger partial charge in [0.2, 0.25) is 0 Å². The summed E-state index contributed by atoms with van der Waals surface area (Å²) in [4.78, 5) is 21.9. The lowest BCUT2D eigenvalue weighted by Gasteiger charge is -2.39. The Morgan fingerprint density at radius 2 is 1.83 bits per heavy atom. The van der Waals surface area contributed by atoms with E-state index in [4.69, 9.17) is 9.72 Å². The van der Waals surface area contributed by atoms with Crippen molar-refractivity contribution >= 4 is 16.8 Å². The number of carbonyl (C=O) groups is 1. The average Bonchev–Trinajstić information content (AvgIpc) is 3.59. The number of pyridine rings is 1. The first kappa shape index (κ1) is 21.4. The summed E-state index contributed by atoms with van der Waals surface area (Å²) < 4.78 is 8.40. The van der Waals surface area contributed by atoms with Gasteiger partial charge in [-0.3, -0.25) is 9.69 Å². The molecule has 35 heavy (non-hydrogen) atoms. The van der Waals surface area contributed by atoms with Crippen LogP contribution in [0.4, 0.5) is 0 Å². The van der Waals surface area contributed by atoms with Gasteiger partial charge in [-0.25, -0.2) is 4.98 Å². The number of fused-ring (bicyclic) bond motifs is 3. The Bertz CT molecular complexity index is 1220. The van der Waals surface area contributed by atoms with Crippen molar-refractivity contribution in [1.29, 1.82) is 0 Å². The minimum Gasteiger partial charge on any atom is -0.489 e. The zero-order valence-electron chi connectivity index (χ0n) is 20.3. The molecule has 182 valence electrons. The molecule has 0 N–H and O–H groups in total. The van der Waals surface area contributed by atoms with E-state index in [0.717, 1.165) is 78.3 Å². The van der Waals surface area contributed by atoms with E-state index in [0.29, 0.717) is 0 Å². The molecule has 2 aromatic heterocycles. The molecule has 4 fully saturated rings. The maximum atomic E-state index is 12.6. The lowest BCUT2D eigenvalue weighted by molar-refractivity contribution is 0.0568. The molecule has 1 unspecified atom stereocenters. The molecule has 2 saturated heterocycles. The number of carbonyl (C=O) groups excluding carboxylic acids is 1. The van der Waals surface area contributed by atoms with Gasteiger partial charge >= 0.3 is 0 Å². The number of hydrogen-bond acceptors (Lipinski definition) is 4. The fraction of sp³-hybridized carbons (Fsp3) is 0.517. The molecule has 3 aromatic rings. The Labute approximate surface area is 206 Å². The second kappa shape index (κ2) is 8.66. The number of likely N-dealkylation sites (tertiary alicyclic amines) is 2. The molecule has 2 saturated carbocycles. The topological polar surface area (TPSA) is 50.6 Å². The second-order valence-corrected chi connectivity index (χ2v) is 11.1. The molecule has 0 radical (unpaired) electrons. The fourth-order valence-corrected chi connectivity index (χ4v) is 6.94. The molecule has 2 aliphatic heterocycles. The van der Waals surface area contributed by atoms with Crippen molar-refractivity contribution in [3.05, 3.63) is 54.4 Å². The van der Waals surface area contributed by atoms with Gasteiger partial charge in [0.25, 0.3) is 5.91 Å². The molecule has 2 aliphatic carbocycles. The lowest BCUT2D eigenvalue weighted by Crippen LogP contribution is -2.46. The highest BCUT2D eigenvalue weighted by molar-refractivity contribution is 5.98. The highest BCUT2D eigenvalue weighted by Crippen LogP contribution is 2.47. The van der Waals surface area contributed by atoms with E-state index in [9.17, 15) is 4.79 Å². The molecule has 7 rings (SSSR count). The van der Waals surface area contributed by atoms with E-state index in [1.165, 1.54) is 38.8 Å². The van der Waals surface area contributed by atoms with Crippen molar-refractivity contribution in [2.75, 3.05) is 26.2 Å². The number of benzene rings is 1. The summed E-state index contributed by atoms with van der Waals surface area (Å²) in [5.41, 5.74) is 1.82. The standard InChI is InChI=1S/C29H34N4O2/c34-29(32-11-1-12-32)23-4-6-26-22(18-23)8-15-33(26)28-7-5-25(19-30-28)35-24-9-13-31(14-10-24)27-17-20-2-3-21(27)16-20/h4-8,15,18-21,24,27H,1-3,9-14,16-17H2/t20-,21+,27?/m1/s1. The van der Waals surface area contributed by atoms with E-state index < -0.39 is 0 Å². The molecule has 1 aromatic carbocycles. The van der Waals surface area contributed by atoms with Gasteiger partial charge in [-0.2, -0.15) is 0 Å². The van der Waals surface area contributed by atoms with Crippen molar-refractivity contribution in [1.82, 2.24) is 19.4 Å². The first-order valence-corrected chi connectivity index (χ1v) is 13.5. The third kappa shape index (κ3) is 3.92. The maximum absolute atomic E-state index is 12.6. The number of hydrogen-bond donors (Lipinski definition) is 0. The van der Waals surface area contributed by atoms with Crippen molar-refractivity contribution in [2.45, 2.75) is 57.1 Å². The quantitative estimate of drug-likeness (QED) is 0.532. The van der Waals surface area contributed by atoms with E-state index in [1.807, 2.05) is 47.6 Å². The molecule has 4 aliphatic rings. The van der Waals surface area contributed by atoms with Crippen LogP contribution in [0, 0.1) is 11.8 Å². The summed E-state index contributed by atoms with van der Waals surface area (Å²) in [5, 5.41) is 1.06. The predicted octanol–water partition coefficient (Wildman–Crippen LogP) is 4.90. The van der Waals surface area contributed by atoms with Gasteiger partial charge in [0.1, 0.15) is 17.7 Å². The zero-order chi connectivity index (χ0) is 23.4. The third-order valence-corrected chi connectivity index (χ3v) is 9.00. The molecule has 2 bridgehead atoms. The van der Waals surface area contributed by atoms with Crippen LogP contribution in [0.15, 0.2) is 48.8 Å². The van der Waals surface area contributed by atoms with Gasteiger partial charge in [0.05, 0.1) is 11.7 Å². The minimum atomic E-state index is 0.131. The number of amides is 1. The second-order valence-electron chi connectivity index (χ2n) is 11.1. The summed E-state index contributed by atoms with van der Waals surface area (Å²) in [5.74, 6) is 3.82. The molecule has 6 heteroatoms. The fourth-order valence-electron chi connectivity index (χ4n) is 6.94. The maximum Gasteiger partial charge on any atom is 0.253 e. The Hall–Kier alpha value is -2.86. The predicted molar refractivity (Wildman–Crippen MR) is 136 cm³/mol. The van der Waals surface area contributed by atoms with Gasteiger partial charge in [-0.1, -0.05) is 6.42 Å². The van der Waals surface area contributed by atoms with E-state index in [-0.39, 0.29) is 12.0 Å². The van der Waals surface area contributed by atoms with Crippen LogP contribution in [-0.2, 0) is 0 Å². The lowest BCUT2D eigenvalue weighted by atomic mass is 9.92. The molecule has 0 spiro atoms. The number of aromatic nitrogens is 2. The third-order valence-electron chi connectivity index (χ3n) is 9.00. The van der Waals surface area contributed by atoms with Crippen LogP contribution < -0.4 is 4.74 Å². The van der Waals surface area contributed by atoms with Crippen molar-refractivity contribution < 1.29 is 9.53 Å². The van der Waals surface area contributed by atoms with Crippen LogP contribution in [-0.4, -0.2) is 63.6 Å². The van der Waals surface area contributed by atoms with Gasteiger partial charge in [0, 0.05) is 49.4 Å². The summed E-state index contributed by atoms with van der Waals surface area (Å²) in [6.45, 7) is 4.08. The number of piperidine rings is 1. The Morgan fingerprint density at radius 1 is 0.943 bits per heavy atom. The summed E-state index contributed by atoms with van der Waals surface area (Å²) in [6.07, 6.45) is 13.3. The molecular weight excluding hydrogens is 436 g/mol. The first-order chi connectivity index (χ1) is 17.2. The van der Waals surface area contributed by atoms with E-state index in [2.05, 4.69) is 15.5 Å². The SMILES string of the molecule is O=C(c1ccc2c(ccn2-c2ccc(OC3CCN(C4C[C@@H]5CC[C@H]4C5)CC3)cn2)c1)N1CCC1. The summed E-state index contributed by atoms with van der Waals surface area (Å²) >= 11 is 0. The smallest absolute Gasteiger partial charge is 0.253 e. The minimum absolute atomic E-state index is 0.131. The largest absolute Gasteiger partial charge is 0.489 e. The zero-order valence-corrected chi connectivity index (χ0v) is 20.3. The molecular formula is C29H34N4O2. The molecule has 3 atom stereocenters. The van der Waals surface area contributed by atoms with Crippen LogP contribution in [0.3, 0.4) is 0 Å². The van der Waals surface area contributed by atoms with Crippen molar-refractivity contribution in [3.8, 4) is 11.6 Å². The van der Waals surface area contributed by atoms with Crippen LogP contribution >= 0.6 is 0 Å². The highest BCUT2D eigenvalue weighted by Gasteiger charge is 2.43. The molecule has 6 nitrogen and oxygen atoms in total. The average molecular weight is 471 g/mol. The van der Waals surface area contributed by atoms with Gasteiger partial charge in [0.15, 0.2) is 0 Å². The Kier molecular flexibility index (Phi) is 5.30. The van der Waals surface area contributed by atoms with Crippen molar-refractivity contribution in [2.24, 2.45) is 11.8 Å². The highest BCUT2D eigenvalue weighted by atomic mass is 16.5. The monoisotopic (exact) mass is 470 g/mol. The number of rotatable bonds is 5. The molecule has 1 amide bonds. The van der Waals surface area contributed by atoms with Crippen LogP contribution in [0.2, 0.25) is 0 Å². The summed E-state index contributed by atoms with van der Waals surface area (Å²) in [6, 6.07) is 12.9. The van der Waals surface area contributed by atoms with Crippen LogP contribution in [0.1, 0.15) is 55.3 Å². The van der Waals surface area contributed by atoms with Gasteiger partial charge < -0.3 is 14.2 Å². The van der Waals surface area contributed by atoms with Crippen LogP contribution in [0.25, 0.3) is 16.7 Å². The number of ether oxygens (including phenoxy) is 1.